The normalized spacial score (nSPS) is 21.8. The van der Waals surface area contributed by atoms with Gasteiger partial charge in [0.05, 0.1) is 22.9 Å². The minimum atomic E-state index is -0.0739. The maximum atomic E-state index is 10.3. The van der Waals surface area contributed by atoms with Gasteiger partial charge in [-0.25, -0.2) is 4.98 Å². The number of fused-ring (bicyclic) bond motifs is 2. The van der Waals surface area contributed by atoms with Crippen molar-refractivity contribution < 1.29 is 4.74 Å². The maximum Gasteiger partial charge on any atom is 0.142 e. The van der Waals surface area contributed by atoms with Crippen molar-refractivity contribution in [2.75, 3.05) is 13.2 Å². The van der Waals surface area contributed by atoms with Crippen LogP contribution in [-0.2, 0) is 11.2 Å². The maximum absolute atomic E-state index is 10.3. The number of benzene rings is 1. The average Bonchev–Trinajstić information content (AvgIpc) is 3.14. The summed E-state index contributed by atoms with van der Waals surface area (Å²) in [6, 6.07) is 14.0. The first kappa shape index (κ1) is 23.8. The van der Waals surface area contributed by atoms with Crippen molar-refractivity contribution in [3.8, 4) is 6.07 Å². The number of rotatable bonds is 5. The van der Waals surface area contributed by atoms with Crippen molar-refractivity contribution in [2.24, 2.45) is 0 Å². The summed E-state index contributed by atoms with van der Waals surface area (Å²) in [4.78, 5) is 4.98. The molecule has 2 unspecified atom stereocenters. The highest BCUT2D eigenvalue weighted by Gasteiger charge is 2.29. The predicted molar refractivity (Wildman–Crippen MR) is 142 cm³/mol. The molecule has 0 saturated carbocycles. The van der Waals surface area contributed by atoms with Gasteiger partial charge in [-0.1, -0.05) is 30.3 Å². The van der Waals surface area contributed by atoms with Gasteiger partial charge in [0.15, 0.2) is 0 Å². The minimum absolute atomic E-state index is 0.0739. The smallest absolute Gasteiger partial charge is 0.142 e. The van der Waals surface area contributed by atoms with E-state index < -0.39 is 0 Å². The summed E-state index contributed by atoms with van der Waals surface area (Å²) < 4.78 is 8.21. The Morgan fingerprint density at radius 3 is 2.89 bits per heavy atom. The lowest BCUT2D eigenvalue weighted by molar-refractivity contribution is -0.0623. The second-order valence-electron chi connectivity index (χ2n) is 10.7. The molecule has 1 fully saturated rings. The molecule has 0 bridgehead atoms. The largest absolute Gasteiger partial charge is 0.375 e. The molecular formula is C30H36N4O. The Labute approximate surface area is 208 Å². The van der Waals surface area contributed by atoms with Gasteiger partial charge < -0.3 is 14.6 Å². The quantitative estimate of drug-likeness (QED) is 0.498. The fourth-order valence-corrected chi connectivity index (χ4v) is 6.06. The van der Waals surface area contributed by atoms with Gasteiger partial charge in [0.1, 0.15) is 11.7 Å². The van der Waals surface area contributed by atoms with Crippen LogP contribution in [0.3, 0.4) is 0 Å². The van der Waals surface area contributed by atoms with Crippen LogP contribution in [0.5, 0.6) is 0 Å². The number of nitrogens with zero attached hydrogens (tertiary/aromatic N) is 3. The molecule has 182 valence electrons. The van der Waals surface area contributed by atoms with Crippen LogP contribution in [0.2, 0.25) is 0 Å². The van der Waals surface area contributed by atoms with Gasteiger partial charge in [-0.05, 0) is 88.6 Å². The van der Waals surface area contributed by atoms with Gasteiger partial charge in [-0.2, -0.15) is 5.26 Å². The molecule has 0 spiro atoms. The number of ether oxygens (including phenoxy) is 1. The van der Waals surface area contributed by atoms with Crippen molar-refractivity contribution in [1.82, 2.24) is 14.9 Å². The molecule has 2 aliphatic rings. The van der Waals surface area contributed by atoms with Crippen LogP contribution in [0, 0.1) is 25.2 Å². The Balaban J connectivity index is 1.55. The van der Waals surface area contributed by atoms with E-state index in [-0.39, 0.29) is 11.6 Å². The minimum Gasteiger partial charge on any atom is -0.375 e. The summed E-state index contributed by atoms with van der Waals surface area (Å²) in [5, 5.41) is 14.9. The van der Waals surface area contributed by atoms with Crippen LogP contribution < -0.4 is 5.32 Å². The third-order valence-corrected chi connectivity index (χ3v) is 7.58. The fraction of sp³-hybridized carbons (Fsp3) is 0.467. The first-order valence-electron chi connectivity index (χ1n) is 12.9. The van der Waals surface area contributed by atoms with Gasteiger partial charge in [0.25, 0.3) is 0 Å². The molecule has 5 rings (SSSR count). The molecule has 0 amide bonds. The van der Waals surface area contributed by atoms with Gasteiger partial charge >= 0.3 is 0 Å². The highest BCUT2D eigenvalue weighted by atomic mass is 16.5. The predicted octanol–water partition coefficient (Wildman–Crippen LogP) is 6.01. The van der Waals surface area contributed by atoms with Crippen molar-refractivity contribution in [2.45, 2.75) is 77.5 Å². The van der Waals surface area contributed by atoms with Crippen molar-refractivity contribution >= 4 is 17.1 Å². The van der Waals surface area contributed by atoms with E-state index in [1.165, 1.54) is 11.1 Å². The van der Waals surface area contributed by atoms with Crippen LogP contribution in [-0.4, -0.2) is 34.3 Å². The summed E-state index contributed by atoms with van der Waals surface area (Å²) in [5.74, 6) is 0. The number of nitriles is 1. The van der Waals surface area contributed by atoms with Gasteiger partial charge in [-0.3, -0.25) is 0 Å². The van der Waals surface area contributed by atoms with Crippen LogP contribution in [0.1, 0.15) is 79.2 Å². The molecule has 2 aromatic heterocycles. The first-order chi connectivity index (χ1) is 16.9. The third kappa shape index (κ3) is 4.66. The summed E-state index contributed by atoms with van der Waals surface area (Å²) in [6.45, 7) is 10.0. The second kappa shape index (κ2) is 9.60. The Bertz CT molecular complexity index is 1310. The van der Waals surface area contributed by atoms with E-state index in [1.807, 2.05) is 6.92 Å². The topological polar surface area (TPSA) is 62.9 Å². The molecule has 35 heavy (non-hydrogen) atoms. The number of nitrogens with one attached hydrogen (secondary N) is 1. The molecule has 3 aromatic rings. The number of hydrogen-bond donors (Lipinski definition) is 1. The Hall–Kier alpha value is -2.94. The second-order valence-corrected chi connectivity index (χ2v) is 10.7. The average molecular weight is 469 g/mol. The van der Waals surface area contributed by atoms with Gasteiger partial charge in [0.2, 0.25) is 0 Å². The number of pyridine rings is 1. The Morgan fingerprint density at radius 1 is 1.26 bits per heavy atom. The van der Waals surface area contributed by atoms with E-state index in [4.69, 9.17) is 9.72 Å². The summed E-state index contributed by atoms with van der Waals surface area (Å²) in [5.41, 5.74) is 7.43. The Morgan fingerprint density at radius 2 is 2.09 bits per heavy atom. The third-order valence-electron chi connectivity index (χ3n) is 7.58. The van der Waals surface area contributed by atoms with Crippen LogP contribution in [0.4, 0.5) is 0 Å². The standard InChI is InChI=1S/C30H36N4O/c1-20-17-21(2)33-29-28(20)25(19-31)27(13-8-15-32-23-14-16-35-30(3,4)18-23)34(29)26-12-7-10-22-9-5-6-11-24(22)26/h5-6,8-9,11,13,17,23,26,32H,7,10,12,14-16,18H2,1-4H3/b13-8+. The van der Waals surface area contributed by atoms with E-state index in [1.54, 1.807) is 0 Å². The zero-order valence-electron chi connectivity index (χ0n) is 21.4. The molecular weight excluding hydrogens is 432 g/mol. The summed E-state index contributed by atoms with van der Waals surface area (Å²) in [7, 11) is 0. The van der Waals surface area contributed by atoms with Crippen LogP contribution >= 0.6 is 0 Å². The lowest BCUT2D eigenvalue weighted by Gasteiger charge is -2.35. The first-order valence-corrected chi connectivity index (χ1v) is 12.9. The van der Waals surface area contributed by atoms with E-state index in [2.05, 4.69) is 79.2 Å². The molecule has 1 aliphatic heterocycles. The monoisotopic (exact) mass is 468 g/mol. The lowest BCUT2D eigenvalue weighted by atomic mass is 9.87. The highest BCUT2D eigenvalue weighted by Crippen LogP contribution is 2.39. The molecule has 5 nitrogen and oxygen atoms in total. The highest BCUT2D eigenvalue weighted by molar-refractivity contribution is 5.91. The molecule has 1 aromatic carbocycles. The van der Waals surface area contributed by atoms with Crippen molar-refractivity contribution in [1.29, 1.82) is 5.26 Å². The Kier molecular flexibility index (Phi) is 6.53. The number of aryl methyl sites for hydroxylation is 3. The number of hydrogen-bond acceptors (Lipinski definition) is 4. The molecule has 1 N–H and O–H groups in total. The molecule has 3 heterocycles. The molecule has 1 aliphatic carbocycles. The van der Waals surface area contributed by atoms with Gasteiger partial charge in [-0.15, -0.1) is 0 Å². The summed E-state index contributed by atoms with van der Waals surface area (Å²) >= 11 is 0. The van der Waals surface area contributed by atoms with Crippen molar-refractivity contribution in [3.63, 3.8) is 0 Å². The molecule has 1 saturated heterocycles. The fourth-order valence-electron chi connectivity index (χ4n) is 6.06. The van der Waals surface area contributed by atoms with Crippen LogP contribution in [0.15, 0.2) is 36.4 Å². The molecule has 2 atom stereocenters. The lowest BCUT2D eigenvalue weighted by Crippen LogP contribution is -2.43. The summed E-state index contributed by atoms with van der Waals surface area (Å²) in [6.07, 6.45) is 9.65. The molecule has 5 heteroatoms. The van der Waals surface area contributed by atoms with E-state index in [0.29, 0.717) is 6.04 Å². The van der Waals surface area contributed by atoms with E-state index >= 15 is 0 Å². The van der Waals surface area contributed by atoms with E-state index in [9.17, 15) is 5.26 Å². The van der Waals surface area contributed by atoms with Gasteiger partial charge in [0, 0.05) is 30.3 Å². The zero-order valence-corrected chi connectivity index (χ0v) is 21.4. The molecule has 0 radical (unpaired) electrons. The van der Waals surface area contributed by atoms with Crippen molar-refractivity contribution in [3.05, 3.63) is 70.0 Å². The SMILES string of the molecule is Cc1cc(C)c2c(C#N)c(/C=C/CNC3CCOC(C)(C)C3)n(C3CCCc4ccccc43)c2n1. The van der Waals surface area contributed by atoms with Crippen LogP contribution in [0.25, 0.3) is 17.1 Å². The number of aromatic nitrogens is 2. The zero-order chi connectivity index (χ0) is 24.6. The van der Waals surface area contributed by atoms with E-state index in [0.717, 1.165) is 78.8 Å².